The number of rotatable bonds is 2. The molecule has 0 bridgehead atoms. The van der Waals surface area contributed by atoms with E-state index in [0.717, 1.165) is 32.5 Å². The molecule has 0 aromatic heterocycles. The van der Waals surface area contributed by atoms with Crippen LogP contribution in [0.2, 0.25) is 0 Å². The molecule has 14 heavy (non-hydrogen) atoms. The van der Waals surface area contributed by atoms with Gasteiger partial charge in [0.2, 0.25) is 0 Å². The van der Waals surface area contributed by atoms with E-state index in [-0.39, 0.29) is 6.04 Å². The summed E-state index contributed by atoms with van der Waals surface area (Å²) < 4.78 is 5.34. The van der Waals surface area contributed by atoms with Crippen molar-refractivity contribution in [2.24, 2.45) is 11.7 Å². The van der Waals surface area contributed by atoms with Crippen molar-refractivity contribution in [3.8, 4) is 0 Å². The van der Waals surface area contributed by atoms with Crippen LogP contribution in [0.3, 0.4) is 0 Å². The van der Waals surface area contributed by atoms with E-state index < -0.39 is 0 Å². The van der Waals surface area contributed by atoms with E-state index in [4.69, 9.17) is 10.5 Å². The van der Waals surface area contributed by atoms with Gasteiger partial charge in [-0.1, -0.05) is 18.2 Å². The third kappa shape index (κ3) is 2.25. The van der Waals surface area contributed by atoms with Crippen molar-refractivity contribution in [2.75, 3.05) is 13.2 Å². The molecule has 2 aliphatic rings. The zero-order chi connectivity index (χ0) is 9.80. The van der Waals surface area contributed by atoms with Crippen LogP contribution in [0.15, 0.2) is 23.8 Å². The Balaban J connectivity index is 1.95. The molecule has 2 nitrogen and oxygen atoms in total. The van der Waals surface area contributed by atoms with Gasteiger partial charge in [-0.25, -0.2) is 0 Å². The number of hydrogen-bond donors (Lipinski definition) is 1. The molecule has 78 valence electrons. The van der Waals surface area contributed by atoms with Gasteiger partial charge < -0.3 is 10.5 Å². The monoisotopic (exact) mass is 193 g/mol. The Kier molecular flexibility index (Phi) is 3.38. The molecule has 2 heteroatoms. The first-order valence-corrected chi connectivity index (χ1v) is 5.58. The minimum Gasteiger partial charge on any atom is -0.381 e. The van der Waals surface area contributed by atoms with Gasteiger partial charge in [-0.3, -0.25) is 0 Å². The van der Waals surface area contributed by atoms with E-state index >= 15 is 0 Å². The first kappa shape index (κ1) is 9.94. The quantitative estimate of drug-likeness (QED) is 0.728. The highest BCUT2D eigenvalue weighted by molar-refractivity contribution is 5.27. The van der Waals surface area contributed by atoms with Gasteiger partial charge in [0.05, 0.1) is 0 Å². The highest BCUT2D eigenvalue weighted by Crippen LogP contribution is 2.24. The minimum absolute atomic E-state index is 0.232. The summed E-state index contributed by atoms with van der Waals surface area (Å²) in [6.45, 7) is 1.77. The molecular weight excluding hydrogens is 174 g/mol. The Morgan fingerprint density at radius 1 is 1.29 bits per heavy atom. The predicted molar refractivity (Wildman–Crippen MR) is 58.0 cm³/mol. The Morgan fingerprint density at radius 2 is 2.07 bits per heavy atom. The zero-order valence-corrected chi connectivity index (χ0v) is 8.61. The van der Waals surface area contributed by atoms with Crippen LogP contribution in [-0.2, 0) is 4.74 Å². The predicted octanol–water partition coefficient (Wildman–Crippen LogP) is 2.02. The number of ether oxygens (including phenoxy) is 1. The molecule has 0 radical (unpaired) electrons. The number of hydrogen-bond acceptors (Lipinski definition) is 2. The smallest absolute Gasteiger partial charge is 0.0469 e. The number of allylic oxidation sites excluding steroid dienone is 2. The van der Waals surface area contributed by atoms with Crippen LogP contribution < -0.4 is 5.73 Å². The van der Waals surface area contributed by atoms with E-state index in [1.807, 2.05) is 0 Å². The van der Waals surface area contributed by atoms with Gasteiger partial charge in [-0.2, -0.15) is 0 Å². The van der Waals surface area contributed by atoms with E-state index in [2.05, 4.69) is 18.2 Å². The Bertz CT molecular complexity index is 239. The van der Waals surface area contributed by atoms with Gasteiger partial charge in [-0.15, -0.1) is 0 Å². The van der Waals surface area contributed by atoms with Gasteiger partial charge in [0, 0.05) is 19.3 Å². The normalized spacial score (nSPS) is 25.9. The van der Waals surface area contributed by atoms with Gasteiger partial charge in [0.25, 0.3) is 0 Å². The van der Waals surface area contributed by atoms with Crippen molar-refractivity contribution in [3.05, 3.63) is 23.8 Å². The number of nitrogens with two attached hydrogens (primary N) is 1. The molecular formula is C12H19NO. The lowest BCUT2D eigenvalue weighted by atomic mass is 9.86. The van der Waals surface area contributed by atoms with Crippen LogP contribution >= 0.6 is 0 Å². The summed E-state index contributed by atoms with van der Waals surface area (Å²) in [7, 11) is 0. The lowest BCUT2D eigenvalue weighted by molar-refractivity contribution is 0.0621. The molecule has 2 rings (SSSR count). The van der Waals surface area contributed by atoms with Crippen molar-refractivity contribution < 1.29 is 4.74 Å². The summed E-state index contributed by atoms with van der Waals surface area (Å²) in [5.41, 5.74) is 7.58. The van der Waals surface area contributed by atoms with E-state index in [9.17, 15) is 0 Å². The third-order valence-electron chi connectivity index (χ3n) is 3.18. The van der Waals surface area contributed by atoms with Crippen molar-refractivity contribution in [3.63, 3.8) is 0 Å². The molecule has 0 spiro atoms. The molecule has 2 N–H and O–H groups in total. The van der Waals surface area contributed by atoms with Crippen molar-refractivity contribution in [1.82, 2.24) is 0 Å². The van der Waals surface area contributed by atoms with Gasteiger partial charge in [-0.05, 0) is 37.2 Å². The molecule has 1 fully saturated rings. The lowest BCUT2D eigenvalue weighted by Gasteiger charge is -2.29. The van der Waals surface area contributed by atoms with Crippen molar-refractivity contribution >= 4 is 0 Å². The topological polar surface area (TPSA) is 35.2 Å². The lowest BCUT2D eigenvalue weighted by Crippen LogP contribution is -2.35. The van der Waals surface area contributed by atoms with Crippen LogP contribution in [-0.4, -0.2) is 19.3 Å². The molecule has 1 saturated heterocycles. The first-order valence-electron chi connectivity index (χ1n) is 5.58. The van der Waals surface area contributed by atoms with E-state index in [0.29, 0.717) is 5.92 Å². The molecule has 1 aliphatic heterocycles. The Hall–Kier alpha value is -0.600. The van der Waals surface area contributed by atoms with Gasteiger partial charge >= 0.3 is 0 Å². The fourth-order valence-electron chi connectivity index (χ4n) is 2.23. The fraction of sp³-hybridized carbons (Fsp3) is 0.667. The van der Waals surface area contributed by atoms with Crippen LogP contribution in [0, 0.1) is 5.92 Å². The summed E-state index contributed by atoms with van der Waals surface area (Å²) in [6, 6.07) is 0.232. The third-order valence-corrected chi connectivity index (χ3v) is 3.18. The maximum absolute atomic E-state index is 6.25. The van der Waals surface area contributed by atoms with Crippen molar-refractivity contribution in [1.29, 1.82) is 0 Å². The first-order chi connectivity index (χ1) is 6.88. The maximum Gasteiger partial charge on any atom is 0.0469 e. The molecule has 0 amide bonds. The molecule has 0 saturated carbocycles. The molecule has 1 heterocycles. The molecule has 0 aromatic rings. The summed E-state index contributed by atoms with van der Waals surface area (Å²) in [5.74, 6) is 0.623. The van der Waals surface area contributed by atoms with Crippen LogP contribution in [0.25, 0.3) is 0 Å². The second-order valence-corrected chi connectivity index (χ2v) is 4.16. The Morgan fingerprint density at radius 3 is 2.71 bits per heavy atom. The fourth-order valence-corrected chi connectivity index (χ4v) is 2.23. The summed E-state index contributed by atoms with van der Waals surface area (Å²) in [6.07, 6.45) is 11.3. The SMILES string of the molecule is NC(C1=CCCC=C1)C1CCOCC1. The average molecular weight is 193 g/mol. The van der Waals surface area contributed by atoms with Crippen LogP contribution in [0.1, 0.15) is 25.7 Å². The maximum atomic E-state index is 6.25. The zero-order valence-electron chi connectivity index (χ0n) is 8.61. The summed E-state index contributed by atoms with van der Waals surface area (Å²) in [5, 5.41) is 0. The highest BCUT2D eigenvalue weighted by atomic mass is 16.5. The average Bonchev–Trinajstić information content (AvgIpc) is 2.30. The van der Waals surface area contributed by atoms with Crippen LogP contribution in [0.5, 0.6) is 0 Å². The largest absolute Gasteiger partial charge is 0.381 e. The van der Waals surface area contributed by atoms with Gasteiger partial charge in [0.15, 0.2) is 0 Å². The second-order valence-electron chi connectivity index (χ2n) is 4.16. The molecule has 1 atom stereocenters. The summed E-state index contributed by atoms with van der Waals surface area (Å²) in [4.78, 5) is 0. The molecule has 1 unspecified atom stereocenters. The van der Waals surface area contributed by atoms with Crippen LogP contribution in [0.4, 0.5) is 0 Å². The molecule has 0 aromatic carbocycles. The van der Waals surface area contributed by atoms with Crippen molar-refractivity contribution in [2.45, 2.75) is 31.7 Å². The minimum atomic E-state index is 0.232. The molecule has 1 aliphatic carbocycles. The Labute approximate surface area is 85.8 Å². The summed E-state index contributed by atoms with van der Waals surface area (Å²) >= 11 is 0. The standard InChI is InChI=1S/C12H19NO/c13-12(10-4-2-1-3-5-10)11-6-8-14-9-7-11/h2,4-5,11-12H,1,3,6-9,13H2. The van der Waals surface area contributed by atoms with E-state index in [1.165, 1.54) is 12.0 Å². The van der Waals surface area contributed by atoms with Gasteiger partial charge in [0.1, 0.15) is 0 Å². The van der Waals surface area contributed by atoms with E-state index in [1.54, 1.807) is 0 Å². The second kappa shape index (κ2) is 4.76. The highest BCUT2D eigenvalue weighted by Gasteiger charge is 2.22.